The summed E-state index contributed by atoms with van der Waals surface area (Å²) in [5, 5.41) is 7.15. The highest BCUT2D eigenvalue weighted by molar-refractivity contribution is 5.85. The van der Waals surface area contributed by atoms with Crippen LogP contribution < -0.4 is 15.4 Å². The van der Waals surface area contributed by atoms with Crippen molar-refractivity contribution in [3.05, 3.63) is 47.8 Å². The van der Waals surface area contributed by atoms with Crippen LogP contribution in [-0.2, 0) is 6.54 Å². The van der Waals surface area contributed by atoms with E-state index < -0.39 is 0 Å². The van der Waals surface area contributed by atoms with Crippen LogP contribution in [0.25, 0.3) is 11.1 Å². The van der Waals surface area contributed by atoms with Gasteiger partial charge in [0.25, 0.3) is 0 Å². The van der Waals surface area contributed by atoms with Crippen LogP contribution in [0.1, 0.15) is 43.9 Å². The Morgan fingerprint density at radius 3 is 2.29 bits per heavy atom. The van der Waals surface area contributed by atoms with Gasteiger partial charge in [0.2, 0.25) is 0 Å². The van der Waals surface area contributed by atoms with Crippen LogP contribution in [0, 0.1) is 6.92 Å². The van der Waals surface area contributed by atoms with Crippen molar-refractivity contribution >= 4 is 24.8 Å². The van der Waals surface area contributed by atoms with E-state index in [4.69, 9.17) is 4.74 Å². The maximum atomic E-state index is 5.86. The molecule has 0 spiro atoms. The zero-order chi connectivity index (χ0) is 18.4. The summed E-state index contributed by atoms with van der Waals surface area (Å²) in [6, 6.07) is 11.9. The molecule has 1 heterocycles. The molecular weight excluding hydrogens is 393 g/mol. The second-order valence-corrected chi connectivity index (χ2v) is 7.16. The molecule has 4 nitrogen and oxygen atoms in total. The number of ether oxygens (including phenoxy) is 1. The SMILES string of the molecule is CCOc1ccc(-c2ccc(C)nc2)cc1CNC1CCC(NC)CC1.Cl.Cl. The van der Waals surface area contributed by atoms with Gasteiger partial charge in [-0.3, -0.25) is 4.98 Å². The topological polar surface area (TPSA) is 46.2 Å². The number of nitrogens with one attached hydrogen (secondary N) is 2. The molecule has 1 saturated carbocycles. The van der Waals surface area contributed by atoms with Gasteiger partial charge in [-0.05, 0) is 70.3 Å². The largest absolute Gasteiger partial charge is 0.494 e. The number of benzene rings is 1. The molecule has 0 aliphatic heterocycles. The van der Waals surface area contributed by atoms with Crippen LogP contribution in [0.5, 0.6) is 5.75 Å². The lowest BCUT2D eigenvalue weighted by Gasteiger charge is -2.29. The minimum atomic E-state index is 0. The Bertz CT molecular complexity index is 701. The van der Waals surface area contributed by atoms with E-state index in [1.165, 1.54) is 36.8 Å². The summed E-state index contributed by atoms with van der Waals surface area (Å²) in [5.74, 6) is 0.979. The number of pyridine rings is 1. The molecule has 28 heavy (non-hydrogen) atoms. The molecule has 0 amide bonds. The first kappa shape index (κ1) is 24.7. The molecule has 1 aromatic heterocycles. The lowest BCUT2D eigenvalue weighted by molar-refractivity contribution is 0.310. The average Bonchev–Trinajstić information content (AvgIpc) is 2.68. The summed E-state index contributed by atoms with van der Waals surface area (Å²) in [6.45, 7) is 5.58. The molecule has 1 aliphatic rings. The molecule has 0 bridgehead atoms. The summed E-state index contributed by atoms with van der Waals surface area (Å²) in [4.78, 5) is 4.43. The molecule has 1 aliphatic carbocycles. The average molecular weight is 426 g/mol. The minimum absolute atomic E-state index is 0. The summed E-state index contributed by atoms with van der Waals surface area (Å²) < 4.78 is 5.86. The van der Waals surface area contributed by atoms with Gasteiger partial charge < -0.3 is 15.4 Å². The summed E-state index contributed by atoms with van der Waals surface area (Å²) >= 11 is 0. The quantitative estimate of drug-likeness (QED) is 0.660. The molecule has 1 fully saturated rings. The summed E-state index contributed by atoms with van der Waals surface area (Å²) in [7, 11) is 2.07. The zero-order valence-corrected chi connectivity index (χ0v) is 18.7. The number of hydrogen-bond acceptors (Lipinski definition) is 4. The first-order valence-electron chi connectivity index (χ1n) is 9.79. The molecule has 3 rings (SSSR count). The Labute approximate surface area is 181 Å². The fourth-order valence-electron chi connectivity index (χ4n) is 3.67. The Kier molecular flexibility index (Phi) is 10.8. The molecule has 6 heteroatoms. The lowest BCUT2D eigenvalue weighted by atomic mass is 9.91. The zero-order valence-electron chi connectivity index (χ0n) is 17.0. The van der Waals surface area contributed by atoms with Gasteiger partial charge in [0.15, 0.2) is 0 Å². The maximum Gasteiger partial charge on any atom is 0.123 e. The molecule has 2 N–H and O–H groups in total. The molecule has 156 valence electrons. The number of hydrogen-bond donors (Lipinski definition) is 2. The van der Waals surface area contributed by atoms with Gasteiger partial charge in [-0.2, -0.15) is 0 Å². The van der Waals surface area contributed by atoms with Gasteiger partial charge in [0.1, 0.15) is 5.75 Å². The maximum absolute atomic E-state index is 5.86. The third-order valence-electron chi connectivity index (χ3n) is 5.32. The number of halogens is 2. The van der Waals surface area contributed by atoms with Crippen LogP contribution in [0.15, 0.2) is 36.5 Å². The van der Waals surface area contributed by atoms with E-state index in [0.717, 1.165) is 23.6 Å². The molecular formula is C22H33Cl2N3O. The molecule has 0 radical (unpaired) electrons. The van der Waals surface area contributed by atoms with Crippen molar-refractivity contribution in [3.8, 4) is 16.9 Å². The van der Waals surface area contributed by atoms with Gasteiger partial charge in [-0.25, -0.2) is 0 Å². The Morgan fingerprint density at radius 2 is 1.68 bits per heavy atom. The van der Waals surface area contributed by atoms with Crippen molar-refractivity contribution in [3.63, 3.8) is 0 Å². The lowest BCUT2D eigenvalue weighted by Crippen LogP contribution is -2.38. The van der Waals surface area contributed by atoms with Crippen LogP contribution in [0.2, 0.25) is 0 Å². The molecule has 1 aromatic carbocycles. The standard InChI is InChI=1S/C22H31N3O.2ClH/c1-4-26-22-12-7-17(18-6-5-16(2)24-14-18)13-19(22)15-25-21-10-8-20(23-3)9-11-21;;/h5-7,12-14,20-21,23,25H,4,8-11,15H2,1-3H3;2*1H. The number of rotatable bonds is 7. The smallest absolute Gasteiger partial charge is 0.123 e. The van der Waals surface area contributed by atoms with E-state index in [2.05, 4.69) is 53.0 Å². The number of aromatic nitrogens is 1. The van der Waals surface area contributed by atoms with Gasteiger partial charge in [-0.15, -0.1) is 24.8 Å². The second-order valence-electron chi connectivity index (χ2n) is 7.16. The molecule has 0 unspecified atom stereocenters. The normalized spacial score (nSPS) is 18.7. The summed E-state index contributed by atoms with van der Waals surface area (Å²) in [6.07, 6.45) is 6.92. The van der Waals surface area contributed by atoms with Gasteiger partial charge >= 0.3 is 0 Å². The monoisotopic (exact) mass is 425 g/mol. The fourth-order valence-corrected chi connectivity index (χ4v) is 3.67. The van der Waals surface area contributed by atoms with Crippen molar-refractivity contribution in [1.29, 1.82) is 0 Å². The van der Waals surface area contributed by atoms with E-state index in [0.29, 0.717) is 18.7 Å². The van der Waals surface area contributed by atoms with Gasteiger partial charge in [-0.1, -0.05) is 12.1 Å². The predicted molar refractivity (Wildman–Crippen MR) is 122 cm³/mol. The van der Waals surface area contributed by atoms with Crippen LogP contribution >= 0.6 is 24.8 Å². The first-order valence-corrected chi connectivity index (χ1v) is 9.79. The number of aryl methyl sites for hydroxylation is 1. The highest BCUT2D eigenvalue weighted by Crippen LogP contribution is 2.27. The van der Waals surface area contributed by atoms with Gasteiger partial charge in [0.05, 0.1) is 6.61 Å². The van der Waals surface area contributed by atoms with E-state index in [9.17, 15) is 0 Å². The van der Waals surface area contributed by atoms with Crippen LogP contribution in [0.3, 0.4) is 0 Å². The Hall–Kier alpha value is -1.33. The van der Waals surface area contributed by atoms with Crippen molar-refractivity contribution < 1.29 is 4.74 Å². The molecule has 0 atom stereocenters. The first-order chi connectivity index (χ1) is 12.7. The summed E-state index contributed by atoms with van der Waals surface area (Å²) in [5.41, 5.74) is 4.60. The molecule has 2 aromatic rings. The van der Waals surface area contributed by atoms with Crippen molar-refractivity contribution in [2.45, 2.75) is 58.2 Å². The highest BCUT2D eigenvalue weighted by atomic mass is 35.5. The Morgan fingerprint density at radius 1 is 1.00 bits per heavy atom. The number of nitrogens with zero attached hydrogens (tertiary/aromatic N) is 1. The second kappa shape index (κ2) is 12.3. The van der Waals surface area contributed by atoms with Gasteiger partial charge in [0, 0.05) is 41.6 Å². The Balaban J connectivity index is 0.00000196. The van der Waals surface area contributed by atoms with Crippen molar-refractivity contribution in [1.82, 2.24) is 15.6 Å². The molecule has 0 saturated heterocycles. The predicted octanol–water partition coefficient (Wildman–Crippen LogP) is 4.92. The third-order valence-corrected chi connectivity index (χ3v) is 5.32. The van der Waals surface area contributed by atoms with E-state index in [-0.39, 0.29) is 24.8 Å². The highest BCUT2D eigenvalue weighted by Gasteiger charge is 2.19. The fraction of sp³-hybridized carbons (Fsp3) is 0.500. The van der Waals surface area contributed by atoms with Crippen molar-refractivity contribution in [2.24, 2.45) is 0 Å². The van der Waals surface area contributed by atoms with E-state index in [1.807, 2.05) is 20.0 Å². The van der Waals surface area contributed by atoms with Crippen molar-refractivity contribution in [2.75, 3.05) is 13.7 Å². The third kappa shape index (κ3) is 6.63. The minimum Gasteiger partial charge on any atom is -0.494 e. The van der Waals surface area contributed by atoms with E-state index >= 15 is 0 Å². The van der Waals surface area contributed by atoms with Crippen LogP contribution in [-0.4, -0.2) is 30.7 Å². The van der Waals surface area contributed by atoms with Crippen LogP contribution in [0.4, 0.5) is 0 Å². The van der Waals surface area contributed by atoms with E-state index in [1.54, 1.807) is 0 Å².